The number of furan rings is 1. The van der Waals surface area contributed by atoms with Crippen LogP contribution in [-0.2, 0) is 17.8 Å². The number of hydrogen-bond acceptors (Lipinski definition) is 4. The highest BCUT2D eigenvalue weighted by atomic mass is 79.9. The highest BCUT2D eigenvalue weighted by Crippen LogP contribution is 2.48. The lowest BCUT2D eigenvalue weighted by molar-refractivity contribution is 0.0964. The average Bonchev–Trinajstić information content (AvgIpc) is 3.67. The van der Waals surface area contributed by atoms with Crippen LogP contribution in [0, 0.1) is 17.1 Å². The van der Waals surface area contributed by atoms with Crippen molar-refractivity contribution in [3.8, 4) is 17.4 Å². The molecule has 1 atom stereocenters. The maximum Gasteiger partial charge on any atom is 0.262 e. The highest BCUT2D eigenvalue weighted by molar-refractivity contribution is 9.10. The maximum atomic E-state index is 13.6. The minimum Gasteiger partial charge on any atom is -0.455 e. The molecule has 1 saturated carbocycles. The average molecular weight is 582 g/mol. The van der Waals surface area contributed by atoms with Crippen LogP contribution in [-0.4, -0.2) is 21.7 Å². The van der Waals surface area contributed by atoms with Crippen molar-refractivity contribution in [2.24, 2.45) is 0 Å². The molecule has 10 heteroatoms. The van der Waals surface area contributed by atoms with Gasteiger partial charge in [0.05, 0.1) is 23.4 Å². The van der Waals surface area contributed by atoms with Gasteiger partial charge in [0.2, 0.25) is 0 Å². The fraction of sp³-hybridized carbons (Fsp3) is 0.185. The number of carbonyl (C=O) groups excluding carboxylic acids is 1. The lowest BCUT2D eigenvalue weighted by Crippen LogP contribution is -2.25. The van der Waals surface area contributed by atoms with E-state index in [2.05, 4.69) is 27.3 Å². The molecule has 0 bridgehead atoms. The number of nitriles is 1. The summed E-state index contributed by atoms with van der Waals surface area (Å²) >= 11 is 0.953. The summed E-state index contributed by atoms with van der Waals surface area (Å²) < 4.78 is 44.5. The molecule has 5 rings (SSSR count). The van der Waals surface area contributed by atoms with E-state index in [4.69, 9.17) is 4.42 Å². The van der Waals surface area contributed by atoms with Crippen molar-refractivity contribution in [2.75, 3.05) is 11.4 Å². The summed E-state index contributed by atoms with van der Waals surface area (Å²) in [6.45, 7) is 0.0735. The first-order valence-corrected chi connectivity index (χ1v) is 13.3. The third kappa shape index (κ3) is 4.90. The number of nitrogens with zero attached hydrogens (tertiary/aromatic N) is 2. The van der Waals surface area contributed by atoms with E-state index in [1.165, 1.54) is 35.6 Å². The van der Waals surface area contributed by atoms with Crippen LogP contribution >= 0.6 is 15.9 Å². The number of nitrogens with one attached hydrogen (secondary N) is 1. The van der Waals surface area contributed by atoms with Gasteiger partial charge in [-0.15, -0.1) is 0 Å². The Morgan fingerprint density at radius 1 is 1.24 bits per heavy atom. The normalized spacial score (nSPS) is 13.8. The van der Waals surface area contributed by atoms with E-state index >= 15 is 0 Å². The monoisotopic (exact) mass is 581 g/mol. The van der Waals surface area contributed by atoms with Crippen molar-refractivity contribution >= 4 is 49.8 Å². The zero-order valence-electron chi connectivity index (χ0n) is 19.6. The molecule has 1 heterocycles. The Balaban J connectivity index is 1.68. The van der Waals surface area contributed by atoms with E-state index in [-0.39, 0.29) is 24.1 Å². The van der Waals surface area contributed by atoms with Crippen LogP contribution < -0.4 is 9.62 Å². The molecule has 1 aliphatic carbocycles. The van der Waals surface area contributed by atoms with Gasteiger partial charge in [0.25, 0.3) is 17.2 Å². The van der Waals surface area contributed by atoms with Gasteiger partial charge < -0.3 is 9.73 Å². The summed E-state index contributed by atoms with van der Waals surface area (Å²) in [5, 5.41) is 12.6. The lowest BCUT2D eigenvalue weighted by Gasteiger charge is -2.23. The number of anilines is 1. The molecule has 3 aromatic carbocycles. The Hall–Kier alpha value is -3.52. The first-order valence-electron chi connectivity index (χ1n) is 11.5. The number of fused-ring (bicyclic) bond motifs is 1. The smallest absolute Gasteiger partial charge is 0.262 e. The van der Waals surface area contributed by atoms with Gasteiger partial charge in [-0.05, 0) is 88.3 Å². The van der Waals surface area contributed by atoms with E-state index in [0.29, 0.717) is 43.4 Å². The Kier molecular flexibility index (Phi) is 6.86. The summed E-state index contributed by atoms with van der Waals surface area (Å²) in [5.74, 6) is -0.300. The summed E-state index contributed by atoms with van der Waals surface area (Å²) in [5.41, 5.74) is 3.67. The summed E-state index contributed by atoms with van der Waals surface area (Å²) in [6.07, 6.45) is 1.83. The summed E-state index contributed by atoms with van der Waals surface area (Å²) in [4.78, 5) is 12.9. The minimum absolute atomic E-state index is 0.0735. The number of rotatable bonds is 7. The Morgan fingerprint density at radius 2 is 1.97 bits per heavy atom. The van der Waals surface area contributed by atoms with Gasteiger partial charge in [0.1, 0.15) is 23.2 Å². The van der Waals surface area contributed by atoms with Crippen molar-refractivity contribution in [1.82, 2.24) is 5.32 Å². The topological polar surface area (TPSA) is 107 Å². The molecule has 0 aliphatic heterocycles. The van der Waals surface area contributed by atoms with Crippen molar-refractivity contribution < 1.29 is 22.4 Å². The zero-order chi connectivity index (χ0) is 26.3. The number of benzene rings is 3. The minimum atomic E-state index is -2.38. The van der Waals surface area contributed by atoms with Crippen LogP contribution in [0.5, 0.6) is 0 Å². The van der Waals surface area contributed by atoms with E-state index in [1.807, 2.05) is 6.07 Å². The molecule has 1 amide bonds. The van der Waals surface area contributed by atoms with Crippen molar-refractivity contribution in [1.29, 1.82) is 5.26 Å². The molecule has 7 nitrogen and oxygen atoms in total. The molecular weight excluding hydrogens is 561 g/mol. The SMILES string of the molecule is CNC(=O)c1c(-c2ccc(F)cc2)oc2cc(N(Cc3ccc(Br)c(C#N)c3)S(=O)O)c(C3CC3)cc12. The lowest BCUT2D eigenvalue weighted by atomic mass is 10.00. The van der Waals surface area contributed by atoms with Gasteiger partial charge in [-0.1, -0.05) is 6.07 Å². The van der Waals surface area contributed by atoms with Crippen LogP contribution in [0.2, 0.25) is 0 Å². The van der Waals surface area contributed by atoms with Crippen molar-refractivity contribution in [3.63, 3.8) is 0 Å². The highest BCUT2D eigenvalue weighted by Gasteiger charge is 2.32. The molecule has 37 heavy (non-hydrogen) atoms. The van der Waals surface area contributed by atoms with Crippen LogP contribution in [0.4, 0.5) is 10.1 Å². The van der Waals surface area contributed by atoms with E-state index in [0.717, 1.165) is 18.4 Å². The van der Waals surface area contributed by atoms with Gasteiger partial charge in [-0.2, -0.15) is 5.26 Å². The maximum absolute atomic E-state index is 13.6. The van der Waals surface area contributed by atoms with Crippen molar-refractivity contribution in [2.45, 2.75) is 25.3 Å². The van der Waals surface area contributed by atoms with Gasteiger partial charge in [0.15, 0.2) is 0 Å². The van der Waals surface area contributed by atoms with Gasteiger partial charge >= 0.3 is 0 Å². The van der Waals surface area contributed by atoms with Crippen LogP contribution in [0.15, 0.2) is 63.5 Å². The third-order valence-corrected chi connectivity index (χ3v) is 7.74. The molecular formula is C27H21BrFN3O4S. The molecule has 0 radical (unpaired) electrons. The second-order valence-electron chi connectivity index (χ2n) is 8.77. The first kappa shape index (κ1) is 25.1. The van der Waals surface area contributed by atoms with Gasteiger partial charge in [-0.3, -0.25) is 13.7 Å². The fourth-order valence-corrected chi connectivity index (χ4v) is 5.31. The van der Waals surface area contributed by atoms with Gasteiger partial charge in [0, 0.05) is 28.5 Å². The van der Waals surface area contributed by atoms with Crippen LogP contribution in [0.25, 0.3) is 22.3 Å². The predicted octanol–water partition coefficient (Wildman–Crippen LogP) is 6.25. The largest absolute Gasteiger partial charge is 0.455 e. The van der Waals surface area contributed by atoms with E-state index in [9.17, 15) is 23.2 Å². The molecule has 0 spiro atoms. The van der Waals surface area contributed by atoms with Crippen LogP contribution in [0.3, 0.4) is 0 Å². The zero-order valence-corrected chi connectivity index (χ0v) is 22.0. The quantitative estimate of drug-likeness (QED) is 0.251. The third-order valence-electron chi connectivity index (χ3n) is 6.35. The Bertz CT molecular complexity index is 1590. The molecule has 2 N–H and O–H groups in total. The molecule has 188 valence electrons. The van der Waals surface area contributed by atoms with E-state index < -0.39 is 17.1 Å². The molecule has 4 aromatic rings. The Morgan fingerprint density at radius 3 is 2.59 bits per heavy atom. The summed E-state index contributed by atoms with van der Waals surface area (Å²) in [6, 6.07) is 16.5. The summed E-state index contributed by atoms with van der Waals surface area (Å²) in [7, 11) is 1.52. The standard InChI is InChI=1S/C27H21BrFN3O4S/c1-31-27(33)25-21-11-20(16-3-4-16)23(12-24(21)36-26(25)17-5-7-19(29)8-6-17)32(37(34)35)14-15-2-9-22(28)18(10-15)13-30/h2,5-12,16H,3-4,14H2,1H3,(H,31,33)(H,34,35). The van der Waals surface area contributed by atoms with Crippen LogP contribution in [0.1, 0.15) is 45.8 Å². The number of carbonyl (C=O) groups is 1. The number of amides is 1. The predicted molar refractivity (Wildman–Crippen MR) is 143 cm³/mol. The number of halogens is 2. The molecule has 1 fully saturated rings. The first-order chi connectivity index (χ1) is 17.8. The fourth-order valence-electron chi connectivity index (χ4n) is 4.39. The molecule has 1 aliphatic rings. The molecule has 0 saturated heterocycles. The molecule has 1 aromatic heterocycles. The van der Waals surface area contributed by atoms with E-state index in [1.54, 1.807) is 24.3 Å². The second kappa shape index (κ2) is 10.1. The second-order valence-corrected chi connectivity index (χ2v) is 10.5. The number of hydrogen-bond donors (Lipinski definition) is 2. The van der Waals surface area contributed by atoms with Gasteiger partial charge in [-0.25, -0.2) is 8.60 Å². The van der Waals surface area contributed by atoms with Crippen molar-refractivity contribution in [3.05, 3.63) is 87.1 Å². The Labute approximate surface area is 223 Å². The molecule has 1 unspecified atom stereocenters.